The van der Waals surface area contributed by atoms with E-state index in [0.29, 0.717) is 16.9 Å². The van der Waals surface area contributed by atoms with Gasteiger partial charge in [-0.25, -0.2) is 4.79 Å². The summed E-state index contributed by atoms with van der Waals surface area (Å²) in [5.74, 6) is -0.585. The fraction of sp³-hybridized carbons (Fsp3) is 0.312. The fourth-order valence-electron chi connectivity index (χ4n) is 1.83. The summed E-state index contributed by atoms with van der Waals surface area (Å²) in [4.78, 5) is 23.3. The van der Waals surface area contributed by atoms with Crippen LogP contribution in [0.4, 0.5) is 0 Å². The van der Waals surface area contributed by atoms with E-state index in [2.05, 4.69) is 5.16 Å². The second kappa shape index (κ2) is 6.01. The number of ether oxygens (including phenoxy) is 1. The predicted octanol–water partition coefficient (Wildman–Crippen LogP) is 2.43. The number of carbonyl (C=O) groups is 2. The smallest absolute Gasteiger partial charge is 0.360 e. The van der Waals surface area contributed by atoms with Gasteiger partial charge in [-0.2, -0.15) is 0 Å². The Labute approximate surface area is 128 Å². The van der Waals surface area contributed by atoms with Gasteiger partial charge in [0.25, 0.3) is 0 Å². The molecule has 1 aromatic carbocycles. The van der Waals surface area contributed by atoms with Gasteiger partial charge in [0.1, 0.15) is 12.4 Å². The Morgan fingerprint density at radius 2 is 1.95 bits per heavy atom. The van der Waals surface area contributed by atoms with E-state index in [9.17, 15) is 9.59 Å². The monoisotopic (exact) mass is 302 g/mol. The Morgan fingerprint density at radius 3 is 2.55 bits per heavy atom. The summed E-state index contributed by atoms with van der Waals surface area (Å²) in [6, 6.07) is 8.25. The van der Waals surface area contributed by atoms with Crippen molar-refractivity contribution in [3.05, 3.63) is 52.9 Å². The topological polar surface area (TPSA) is 95.4 Å². The fourth-order valence-corrected chi connectivity index (χ4v) is 1.83. The van der Waals surface area contributed by atoms with Crippen molar-refractivity contribution in [3.8, 4) is 0 Å². The third-order valence-electron chi connectivity index (χ3n) is 3.10. The molecule has 2 aromatic rings. The third kappa shape index (κ3) is 3.52. The normalized spacial score (nSPS) is 11.2. The zero-order valence-corrected chi connectivity index (χ0v) is 12.8. The van der Waals surface area contributed by atoms with Gasteiger partial charge >= 0.3 is 5.97 Å². The van der Waals surface area contributed by atoms with E-state index < -0.39 is 11.9 Å². The molecule has 0 unspecified atom stereocenters. The molecular formula is C16H18N2O4. The molecule has 0 fully saturated rings. The number of rotatable bonds is 4. The Bertz CT molecular complexity index is 698. The summed E-state index contributed by atoms with van der Waals surface area (Å²) in [6.07, 6.45) is 0. The second-order valence-corrected chi connectivity index (χ2v) is 5.92. The lowest BCUT2D eigenvalue weighted by Crippen LogP contribution is -2.15. The third-order valence-corrected chi connectivity index (χ3v) is 3.10. The maximum Gasteiger partial charge on any atom is 0.360 e. The highest BCUT2D eigenvalue weighted by atomic mass is 16.5. The molecule has 0 aliphatic heterocycles. The van der Waals surface area contributed by atoms with Crippen molar-refractivity contribution in [2.45, 2.75) is 32.8 Å². The zero-order chi connectivity index (χ0) is 16.3. The van der Waals surface area contributed by atoms with Gasteiger partial charge in [-0.15, -0.1) is 0 Å². The zero-order valence-electron chi connectivity index (χ0n) is 12.8. The molecule has 2 rings (SSSR count). The van der Waals surface area contributed by atoms with Crippen LogP contribution < -0.4 is 5.73 Å². The van der Waals surface area contributed by atoms with E-state index in [-0.39, 0.29) is 17.7 Å². The molecule has 1 heterocycles. The largest absolute Gasteiger partial charge is 0.456 e. The van der Waals surface area contributed by atoms with Crippen LogP contribution in [0, 0.1) is 0 Å². The van der Waals surface area contributed by atoms with Gasteiger partial charge in [0.2, 0.25) is 5.91 Å². The highest BCUT2D eigenvalue weighted by molar-refractivity contribution is 5.94. The van der Waals surface area contributed by atoms with Crippen LogP contribution >= 0.6 is 0 Å². The molecule has 0 aliphatic rings. The molecule has 116 valence electrons. The second-order valence-electron chi connectivity index (χ2n) is 5.92. The molecule has 22 heavy (non-hydrogen) atoms. The van der Waals surface area contributed by atoms with Crippen LogP contribution in [-0.2, 0) is 16.8 Å². The summed E-state index contributed by atoms with van der Waals surface area (Å²) < 4.78 is 10.3. The summed E-state index contributed by atoms with van der Waals surface area (Å²) in [5, 5.41) is 3.71. The van der Waals surface area contributed by atoms with E-state index in [1.54, 1.807) is 30.3 Å². The average molecular weight is 302 g/mol. The van der Waals surface area contributed by atoms with Crippen LogP contribution in [0.25, 0.3) is 0 Å². The van der Waals surface area contributed by atoms with Crippen molar-refractivity contribution in [1.29, 1.82) is 0 Å². The minimum absolute atomic E-state index is 0.0599. The number of nitrogens with zero attached hydrogens (tertiary/aromatic N) is 1. The van der Waals surface area contributed by atoms with Crippen LogP contribution in [0.3, 0.4) is 0 Å². The minimum Gasteiger partial charge on any atom is -0.456 e. The molecular weight excluding hydrogens is 284 g/mol. The lowest BCUT2D eigenvalue weighted by Gasteiger charge is -2.12. The van der Waals surface area contributed by atoms with Crippen molar-refractivity contribution >= 4 is 11.9 Å². The number of hydrogen-bond acceptors (Lipinski definition) is 5. The molecule has 0 aliphatic carbocycles. The predicted molar refractivity (Wildman–Crippen MR) is 79.3 cm³/mol. The Balaban J connectivity index is 2.08. The number of aromatic nitrogens is 1. The van der Waals surface area contributed by atoms with Gasteiger partial charge in [0.05, 0.1) is 0 Å². The molecule has 0 atom stereocenters. The van der Waals surface area contributed by atoms with E-state index in [1.165, 1.54) is 0 Å². The van der Waals surface area contributed by atoms with Crippen molar-refractivity contribution in [2.75, 3.05) is 0 Å². The van der Waals surface area contributed by atoms with Crippen molar-refractivity contribution < 1.29 is 18.8 Å². The van der Waals surface area contributed by atoms with Crippen molar-refractivity contribution in [3.63, 3.8) is 0 Å². The van der Waals surface area contributed by atoms with E-state index in [4.69, 9.17) is 15.0 Å². The summed E-state index contributed by atoms with van der Waals surface area (Å²) in [7, 11) is 0. The first-order valence-electron chi connectivity index (χ1n) is 6.81. The highest BCUT2D eigenvalue weighted by Gasteiger charge is 2.23. The number of hydrogen-bond donors (Lipinski definition) is 1. The summed E-state index contributed by atoms with van der Waals surface area (Å²) >= 11 is 0. The Morgan fingerprint density at radius 1 is 1.27 bits per heavy atom. The Kier molecular flexibility index (Phi) is 4.30. The molecule has 1 aromatic heterocycles. The molecule has 0 saturated carbocycles. The number of benzene rings is 1. The lowest BCUT2D eigenvalue weighted by molar-refractivity contribution is 0.0458. The van der Waals surface area contributed by atoms with Crippen LogP contribution in [-0.4, -0.2) is 17.0 Å². The maximum absolute atomic E-state index is 12.0. The highest BCUT2D eigenvalue weighted by Crippen LogP contribution is 2.23. The average Bonchev–Trinajstić information content (AvgIpc) is 2.95. The molecule has 0 radical (unpaired) electrons. The standard InChI is InChI=1S/C16H18N2O4/c1-16(2,3)13-8-12(18-22-13)15(20)21-9-10-6-4-5-7-11(10)14(17)19/h4-8H,9H2,1-3H3,(H2,17,19). The number of nitrogens with two attached hydrogens (primary N) is 1. The molecule has 2 N–H and O–H groups in total. The number of esters is 1. The maximum atomic E-state index is 12.0. The van der Waals surface area contributed by atoms with Crippen LogP contribution in [0.15, 0.2) is 34.9 Å². The van der Waals surface area contributed by atoms with Gasteiger partial charge in [0, 0.05) is 22.6 Å². The SMILES string of the molecule is CC(C)(C)c1cc(C(=O)OCc2ccccc2C(N)=O)no1. The molecule has 0 spiro atoms. The van der Waals surface area contributed by atoms with E-state index in [1.807, 2.05) is 20.8 Å². The lowest BCUT2D eigenvalue weighted by atomic mass is 9.93. The van der Waals surface area contributed by atoms with E-state index in [0.717, 1.165) is 0 Å². The van der Waals surface area contributed by atoms with Gasteiger partial charge in [-0.05, 0) is 6.07 Å². The quantitative estimate of drug-likeness (QED) is 0.875. The first-order valence-corrected chi connectivity index (χ1v) is 6.81. The first kappa shape index (κ1) is 15.8. The van der Waals surface area contributed by atoms with Crippen molar-refractivity contribution in [1.82, 2.24) is 5.16 Å². The van der Waals surface area contributed by atoms with Crippen molar-refractivity contribution in [2.24, 2.45) is 5.73 Å². The van der Waals surface area contributed by atoms with Gasteiger partial charge in [-0.3, -0.25) is 4.79 Å². The first-order chi connectivity index (χ1) is 10.3. The summed E-state index contributed by atoms with van der Waals surface area (Å²) in [5.41, 5.74) is 6.00. The van der Waals surface area contributed by atoms with Gasteiger partial charge in [-0.1, -0.05) is 44.1 Å². The molecule has 6 heteroatoms. The number of primary amides is 1. The molecule has 0 bridgehead atoms. The van der Waals surface area contributed by atoms with E-state index >= 15 is 0 Å². The summed E-state index contributed by atoms with van der Waals surface area (Å²) in [6.45, 7) is 5.79. The van der Waals surface area contributed by atoms with Gasteiger partial charge in [0.15, 0.2) is 5.69 Å². The minimum atomic E-state index is -0.612. The number of amides is 1. The van der Waals surface area contributed by atoms with Crippen LogP contribution in [0.1, 0.15) is 52.9 Å². The molecule has 6 nitrogen and oxygen atoms in total. The molecule has 0 saturated heterocycles. The van der Waals surface area contributed by atoms with Crippen LogP contribution in [0.2, 0.25) is 0 Å². The van der Waals surface area contributed by atoms with Crippen LogP contribution in [0.5, 0.6) is 0 Å². The number of carbonyl (C=O) groups excluding carboxylic acids is 2. The molecule has 1 amide bonds. The van der Waals surface area contributed by atoms with Gasteiger partial charge < -0.3 is 15.0 Å². The Hall–Kier alpha value is -2.63.